The Bertz CT molecular complexity index is 774. The first-order valence-electron chi connectivity index (χ1n) is 8.99. The van der Waals surface area contributed by atoms with Crippen molar-refractivity contribution in [2.45, 2.75) is 51.4 Å². The highest BCUT2D eigenvalue weighted by Crippen LogP contribution is 2.61. The summed E-state index contributed by atoms with van der Waals surface area (Å²) in [6, 6.07) is 1.79. The zero-order valence-corrected chi connectivity index (χ0v) is 14.6. The zero-order valence-electron chi connectivity index (χ0n) is 14.6. The van der Waals surface area contributed by atoms with E-state index in [4.69, 9.17) is 4.74 Å². The third-order valence-corrected chi connectivity index (χ3v) is 7.05. The van der Waals surface area contributed by atoms with Crippen LogP contribution in [-0.2, 0) is 11.2 Å². The van der Waals surface area contributed by atoms with Gasteiger partial charge < -0.3 is 9.84 Å². The summed E-state index contributed by atoms with van der Waals surface area (Å²) in [6.45, 7) is 2.11. The first kappa shape index (κ1) is 16.4. The summed E-state index contributed by atoms with van der Waals surface area (Å²) in [4.78, 5) is 23.4. The summed E-state index contributed by atoms with van der Waals surface area (Å²) in [5.41, 5.74) is 1.17. The van der Waals surface area contributed by atoms with Crippen molar-refractivity contribution in [3.05, 3.63) is 27.3 Å². The van der Waals surface area contributed by atoms with Crippen LogP contribution < -0.4 is 4.74 Å². The van der Waals surface area contributed by atoms with Gasteiger partial charge in [-0.1, -0.05) is 6.92 Å². The minimum atomic E-state index is -0.497. The number of nitrogens with zero attached hydrogens (tertiary/aromatic N) is 1. The number of fused-ring (bicyclic) bond motifs is 5. The van der Waals surface area contributed by atoms with Gasteiger partial charge in [0.05, 0.1) is 12.0 Å². The van der Waals surface area contributed by atoms with E-state index in [0.29, 0.717) is 36.0 Å². The number of phenolic OH excluding ortho intramolecular Hbond substituents is 1. The number of ketones is 1. The van der Waals surface area contributed by atoms with E-state index in [9.17, 15) is 20.0 Å². The van der Waals surface area contributed by atoms with Crippen LogP contribution in [-0.4, -0.2) is 22.9 Å². The molecule has 0 aliphatic heterocycles. The maximum absolute atomic E-state index is 12.4. The van der Waals surface area contributed by atoms with Gasteiger partial charge in [-0.25, -0.2) is 0 Å². The number of rotatable bonds is 2. The highest BCUT2D eigenvalue weighted by Gasteiger charge is 2.55. The van der Waals surface area contributed by atoms with Crippen LogP contribution in [0.25, 0.3) is 0 Å². The minimum absolute atomic E-state index is 0.168. The van der Waals surface area contributed by atoms with Crippen molar-refractivity contribution in [2.24, 2.45) is 17.3 Å². The number of Topliss-reactive ketones (excluding diaryl/α,β-unsaturated/α-hetero) is 1. The Hall–Kier alpha value is -2.11. The van der Waals surface area contributed by atoms with Crippen molar-refractivity contribution < 1.29 is 19.6 Å². The molecule has 6 heteroatoms. The number of benzene rings is 1. The van der Waals surface area contributed by atoms with E-state index in [1.165, 1.54) is 7.11 Å². The molecule has 0 amide bonds. The molecular formula is C19H23NO5. The SMILES string of the molecule is COc1cc2c(c([N+](=O)[O-])c1O)CCC1C2CC[C@]2(C)C(=O)CCC12. The molecule has 0 heterocycles. The van der Waals surface area contributed by atoms with Gasteiger partial charge in [-0.2, -0.15) is 0 Å². The lowest BCUT2D eigenvalue weighted by Crippen LogP contribution is -2.42. The second kappa shape index (κ2) is 5.44. The summed E-state index contributed by atoms with van der Waals surface area (Å²) in [7, 11) is 1.42. The molecule has 1 aromatic carbocycles. The molecule has 25 heavy (non-hydrogen) atoms. The Morgan fingerprint density at radius 3 is 2.76 bits per heavy atom. The molecule has 0 aromatic heterocycles. The van der Waals surface area contributed by atoms with E-state index in [1.807, 2.05) is 0 Å². The van der Waals surface area contributed by atoms with E-state index in [-0.39, 0.29) is 28.5 Å². The third kappa shape index (κ3) is 2.12. The molecular weight excluding hydrogens is 322 g/mol. The number of carbonyl (C=O) groups excluding carboxylic acids is 1. The van der Waals surface area contributed by atoms with E-state index < -0.39 is 4.92 Å². The Labute approximate surface area is 146 Å². The number of phenols is 1. The number of ether oxygens (including phenoxy) is 1. The molecule has 3 unspecified atom stereocenters. The van der Waals surface area contributed by atoms with Gasteiger partial charge in [-0.15, -0.1) is 0 Å². The van der Waals surface area contributed by atoms with Crippen LogP contribution in [0, 0.1) is 27.4 Å². The summed E-state index contributed by atoms with van der Waals surface area (Å²) in [5, 5.41) is 21.8. The van der Waals surface area contributed by atoms with Crippen LogP contribution >= 0.6 is 0 Å². The summed E-state index contributed by atoms with van der Waals surface area (Å²) >= 11 is 0. The maximum atomic E-state index is 12.4. The monoisotopic (exact) mass is 345 g/mol. The van der Waals surface area contributed by atoms with Gasteiger partial charge >= 0.3 is 5.69 Å². The van der Waals surface area contributed by atoms with Gasteiger partial charge in [0.15, 0.2) is 5.75 Å². The fourth-order valence-electron chi connectivity index (χ4n) is 5.80. The molecule has 0 radical (unpaired) electrons. The normalized spacial score (nSPS) is 33.4. The molecule has 4 rings (SSSR count). The van der Waals surface area contributed by atoms with E-state index >= 15 is 0 Å². The van der Waals surface area contributed by atoms with Crippen molar-refractivity contribution in [1.82, 2.24) is 0 Å². The molecule has 0 saturated heterocycles. The number of nitro groups is 1. The molecule has 134 valence electrons. The van der Waals surface area contributed by atoms with Crippen molar-refractivity contribution >= 4 is 11.5 Å². The molecule has 4 atom stereocenters. The number of nitro benzene ring substituents is 1. The largest absolute Gasteiger partial charge is 0.500 e. The standard InChI is InChI=1S/C19H23NO5/c1-19-8-7-10-11(14(19)5-6-16(19)21)3-4-12-13(10)9-15(25-2)18(22)17(12)20(23)24/h9-11,14,22H,3-8H2,1-2H3/t10?,11?,14?,19-/m0/s1. The molecule has 2 saturated carbocycles. The number of aromatic hydroxyl groups is 1. The van der Waals surface area contributed by atoms with Crippen molar-refractivity contribution in [3.63, 3.8) is 0 Å². The number of methoxy groups -OCH3 is 1. The average molecular weight is 345 g/mol. The Balaban J connectivity index is 1.82. The van der Waals surface area contributed by atoms with Crippen LogP contribution in [0.15, 0.2) is 6.07 Å². The lowest BCUT2D eigenvalue weighted by Gasteiger charge is -2.48. The molecule has 3 aliphatic rings. The first-order valence-corrected chi connectivity index (χ1v) is 8.99. The van der Waals surface area contributed by atoms with Gasteiger partial charge in [0, 0.05) is 17.4 Å². The highest BCUT2D eigenvalue weighted by atomic mass is 16.6. The maximum Gasteiger partial charge on any atom is 0.318 e. The van der Waals surface area contributed by atoms with Crippen LogP contribution in [0.5, 0.6) is 11.5 Å². The number of carbonyl (C=O) groups is 1. The number of hydrogen-bond donors (Lipinski definition) is 1. The third-order valence-electron chi connectivity index (χ3n) is 7.05. The molecule has 2 fully saturated rings. The molecule has 3 aliphatic carbocycles. The number of hydrogen-bond acceptors (Lipinski definition) is 5. The predicted molar refractivity (Wildman–Crippen MR) is 90.9 cm³/mol. The van der Waals surface area contributed by atoms with Gasteiger partial charge in [-0.05, 0) is 61.5 Å². The van der Waals surface area contributed by atoms with Crippen LogP contribution in [0.3, 0.4) is 0 Å². The van der Waals surface area contributed by atoms with Crippen LogP contribution in [0.1, 0.15) is 56.1 Å². The Morgan fingerprint density at radius 2 is 2.08 bits per heavy atom. The summed E-state index contributed by atoms with van der Waals surface area (Å²) in [5.74, 6) is 1.14. The quantitative estimate of drug-likeness (QED) is 0.651. The summed E-state index contributed by atoms with van der Waals surface area (Å²) < 4.78 is 5.20. The summed E-state index contributed by atoms with van der Waals surface area (Å²) in [6.07, 6.45) is 4.72. The molecule has 1 N–H and O–H groups in total. The molecule has 0 spiro atoms. The van der Waals surface area contributed by atoms with E-state index in [1.54, 1.807) is 6.07 Å². The lowest BCUT2D eigenvalue weighted by molar-refractivity contribution is -0.386. The fraction of sp³-hybridized carbons (Fsp3) is 0.632. The van der Waals surface area contributed by atoms with Crippen LogP contribution in [0.2, 0.25) is 0 Å². The second-order valence-electron chi connectivity index (χ2n) is 7.93. The van der Waals surface area contributed by atoms with Gasteiger partial charge in [0.2, 0.25) is 5.75 Å². The lowest BCUT2D eigenvalue weighted by atomic mass is 9.55. The Morgan fingerprint density at radius 1 is 1.32 bits per heavy atom. The van der Waals surface area contributed by atoms with E-state index in [2.05, 4.69) is 6.92 Å². The van der Waals surface area contributed by atoms with E-state index in [0.717, 1.165) is 31.2 Å². The van der Waals surface area contributed by atoms with Gasteiger partial charge in [0.1, 0.15) is 5.78 Å². The van der Waals surface area contributed by atoms with Crippen molar-refractivity contribution in [1.29, 1.82) is 0 Å². The average Bonchev–Trinajstić information content (AvgIpc) is 2.89. The van der Waals surface area contributed by atoms with Gasteiger partial charge in [0.25, 0.3) is 0 Å². The first-order chi connectivity index (χ1) is 11.9. The second-order valence-corrected chi connectivity index (χ2v) is 7.93. The minimum Gasteiger partial charge on any atom is -0.500 e. The predicted octanol–water partition coefficient (Wildman–Crippen LogP) is 3.73. The fourth-order valence-corrected chi connectivity index (χ4v) is 5.80. The molecule has 0 bridgehead atoms. The topological polar surface area (TPSA) is 89.7 Å². The van der Waals surface area contributed by atoms with Gasteiger partial charge in [-0.3, -0.25) is 14.9 Å². The van der Waals surface area contributed by atoms with Crippen molar-refractivity contribution in [3.8, 4) is 11.5 Å². The smallest absolute Gasteiger partial charge is 0.318 e. The zero-order chi connectivity index (χ0) is 17.9. The Kier molecular flexibility index (Phi) is 3.56. The van der Waals surface area contributed by atoms with Crippen molar-refractivity contribution in [2.75, 3.05) is 7.11 Å². The molecule has 1 aromatic rings. The highest BCUT2D eigenvalue weighted by molar-refractivity contribution is 5.87. The molecule has 6 nitrogen and oxygen atoms in total. The van der Waals surface area contributed by atoms with Crippen LogP contribution in [0.4, 0.5) is 5.69 Å².